The number of rotatable bonds is 8. The highest BCUT2D eigenvalue weighted by Crippen LogP contribution is 2.10. The maximum Gasteiger partial charge on any atom is 0.310 e. The lowest BCUT2D eigenvalue weighted by atomic mass is 10.1. The Morgan fingerprint density at radius 2 is 1.94 bits per heavy atom. The van der Waals surface area contributed by atoms with E-state index in [2.05, 4.69) is 4.74 Å². The van der Waals surface area contributed by atoms with Crippen LogP contribution < -0.4 is 0 Å². The molecule has 2 unspecified atom stereocenters. The summed E-state index contributed by atoms with van der Waals surface area (Å²) in [5.41, 5.74) is 0. The van der Waals surface area contributed by atoms with E-state index in [4.69, 9.17) is 4.74 Å². The second kappa shape index (κ2) is 8.88. The Bertz CT molecular complexity index is 265. The first-order chi connectivity index (χ1) is 8.51. The molecule has 2 atom stereocenters. The van der Waals surface area contributed by atoms with Gasteiger partial charge in [-0.05, 0) is 6.42 Å². The number of hydrogen-bond acceptors (Lipinski definition) is 5. The van der Waals surface area contributed by atoms with Crippen molar-refractivity contribution < 1.29 is 24.2 Å². The molecule has 0 heterocycles. The average molecular weight is 261 g/mol. The molecule has 1 amide bonds. The molecule has 0 aliphatic rings. The molecule has 0 saturated carbocycles. The third-order valence-corrected chi connectivity index (χ3v) is 2.79. The van der Waals surface area contributed by atoms with Gasteiger partial charge in [-0.3, -0.25) is 9.59 Å². The van der Waals surface area contributed by atoms with Gasteiger partial charge in [-0.1, -0.05) is 13.8 Å². The summed E-state index contributed by atoms with van der Waals surface area (Å²) in [4.78, 5) is 24.7. The molecule has 18 heavy (non-hydrogen) atoms. The Labute approximate surface area is 108 Å². The van der Waals surface area contributed by atoms with Crippen LogP contribution in [0.5, 0.6) is 0 Å². The lowest BCUT2D eigenvalue weighted by Crippen LogP contribution is -2.47. The molecule has 0 fully saturated rings. The topological polar surface area (TPSA) is 76.1 Å². The van der Waals surface area contributed by atoms with Crippen molar-refractivity contribution in [2.24, 2.45) is 5.92 Å². The summed E-state index contributed by atoms with van der Waals surface area (Å²) in [7, 11) is 2.74. The van der Waals surface area contributed by atoms with E-state index < -0.39 is 5.92 Å². The molecule has 0 aromatic heterocycles. The van der Waals surface area contributed by atoms with Crippen LogP contribution in [0.2, 0.25) is 0 Å². The molecule has 0 saturated heterocycles. The van der Waals surface area contributed by atoms with Crippen LogP contribution in [0.1, 0.15) is 20.3 Å². The van der Waals surface area contributed by atoms with Gasteiger partial charge in [0.1, 0.15) is 6.61 Å². The molecule has 6 heteroatoms. The number of methoxy groups -OCH3 is 2. The zero-order chi connectivity index (χ0) is 14.1. The average Bonchev–Trinajstić information content (AvgIpc) is 2.37. The van der Waals surface area contributed by atoms with E-state index in [0.717, 1.165) is 0 Å². The van der Waals surface area contributed by atoms with E-state index in [1.165, 1.54) is 19.1 Å². The molecular formula is C12H23NO5. The number of aliphatic hydroxyl groups is 1. The molecule has 0 spiro atoms. The Kier molecular flexibility index (Phi) is 8.32. The van der Waals surface area contributed by atoms with E-state index in [-0.39, 0.29) is 37.7 Å². The van der Waals surface area contributed by atoms with Crippen LogP contribution in [-0.2, 0) is 19.1 Å². The molecule has 0 rings (SSSR count). The largest absolute Gasteiger partial charge is 0.469 e. The molecule has 1 N–H and O–H groups in total. The van der Waals surface area contributed by atoms with Gasteiger partial charge in [0, 0.05) is 13.7 Å². The summed E-state index contributed by atoms with van der Waals surface area (Å²) in [5.74, 6) is -1.05. The number of hydrogen-bond donors (Lipinski definition) is 1. The smallest absolute Gasteiger partial charge is 0.310 e. The van der Waals surface area contributed by atoms with E-state index >= 15 is 0 Å². The highest BCUT2D eigenvalue weighted by Gasteiger charge is 2.26. The molecule has 6 nitrogen and oxygen atoms in total. The predicted molar refractivity (Wildman–Crippen MR) is 65.9 cm³/mol. The van der Waals surface area contributed by atoms with Gasteiger partial charge in [0.2, 0.25) is 5.91 Å². The van der Waals surface area contributed by atoms with E-state index in [0.29, 0.717) is 6.42 Å². The van der Waals surface area contributed by atoms with Crippen molar-refractivity contribution in [1.29, 1.82) is 0 Å². The van der Waals surface area contributed by atoms with Crippen LogP contribution in [0.4, 0.5) is 0 Å². The summed E-state index contributed by atoms with van der Waals surface area (Å²) in [6, 6.07) is -0.306. The number of carbonyl (C=O) groups is 2. The monoisotopic (exact) mass is 261 g/mol. The maximum atomic E-state index is 11.9. The lowest BCUT2D eigenvalue weighted by Gasteiger charge is -2.31. The van der Waals surface area contributed by atoms with Gasteiger partial charge < -0.3 is 19.5 Å². The number of esters is 1. The fourth-order valence-corrected chi connectivity index (χ4v) is 1.68. The summed E-state index contributed by atoms with van der Waals surface area (Å²) in [5, 5.41) is 9.27. The van der Waals surface area contributed by atoms with Gasteiger partial charge >= 0.3 is 5.97 Å². The van der Waals surface area contributed by atoms with Gasteiger partial charge in [0.25, 0.3) is 0 Å². The van der Waals surface area contributed by atoms with Gasteiger partial charge in [-0.2, -0.15) is 0 Å². The molecule has 0 aromatic rings. The Morgan fingerprint density at radius 1 is 1.33 bits per heavy atom. The third-order valence-electron chi connectivity index (χ3n) is 2.79. The molecule has 0 aliphatic heterocycles. The predicted octanol–water partition coefficient (Wildman–Crippen LogP) is 0.0414. The van der Waals surface area contributed by atoms with Crippen molar-refractivity contribution in [3.8, 4) is 0 Å². The minimum absolute atomic E-state index is 0.0651. The fraction of sp³-hybridized carbons (Fsp3) is 0.833. The van der Waals surface area contributed by atoms with Crippen LogP contribution in [0.3, 0.4) is 0 Å². The van der Waals surface area contributed by atoms with Crippen LogP contribution in [0.15, 0.2) is 0 Å². The summed E-state index contributed by atoms with van der Waals surface area (Å²) >= 11 is 0. The number of aliphatic hydroxyl groups excluding tert-OH is 1. The van der Waals surface area contributed by atoms with E-state index in [9.17, 15) is 14.7 Å². The first-order valence-electron chi connectivity index (χ1n) is 5.98. The van der Waals surface area contributed by atoms with Gasteiger partial charge in [-0.25, -0.2) is 0 Å². The summed E-state index contributed by atoms with van der Waals surface area (Å²) in [6.07, 6.45) is 0.611. The lowest BCUT2D eigenvalue weighted by molar-refractivity contribution is -0.148. The van der Waals surface area contributed by atoms with Gasteiger partial charge in [-0.15, -0.1) is 0 Å². The second-order valence-electron chi connectivity index (χ2n) is 4.15. The maximum absolute atomic E-state index is 11.9. The Morgan fingerprint density at radius 3 is 2.33 bits per heavy atom. The van der Waals surface area contributed by atoms with Gasteiger partial charge in [0.05, 0.1) is 25.7 Å². The number of amides is 1. The summed E-state index contributed by atoms with van der Waals surface area (Å²) < 4.78 is 9.43. The number of nitrogens with zero attached hydrogens (tertiary/aromatic N) is 1. The molecule has 0 aromatic carbocycles. The first kappa shape index (κ1) is 16.9. The van der Waals surface area contributed by atoms with E-state index in [1.54, 1.807) is 6.92 Å². The molecule has 106 valence electrons. The minimum atomic E-state index is -0.434. The van der Waals surface area contributed by atoms with Crippen LogP contribution in [-0.4, -0.2) is 61.9 Å². The third kappa shape index (κ3) is 5.01. The fourth-order valence-electron chi connectivity index (χ4n) is 1.68. The standard InChI is InChI=1S/C12H23NO5/c1-5-10(7-14)13(11(15)8-17-3)6-9(2)12(16)18-4/h9-10,14H,5-8H2,1-4H3. The SMILES string of the molecule is CCC(CO)N(CC(C)C(=O)OC)C(=O)COC. The van der Waals surface area contributed by atoms with Crippen molar-refractivity contribution in [3.05, 3.63) is 0 Å². The molecule has 0 radical (unpaired) electrons. The molecular weight excluding hydrogens is 238 g/mol. The van der Waals surface area contributed by atoms with Crippen LogP contribution >= 0.6 is 0 Å². The zero-order valence-corrected chi connectivity index (χ0v) is 11.5. The first-order valence-corrected chi connectivity index (χ1v) is 5.98. The van der Waals surface area contributed by atoms with Crippen LogP contribution in [0, 0.1) is 5.92 Å². The highest BCUT2D eigenvalue weighted by molar-refractivity contribution is 5.79. The quantitative estimate of drug-likeness (QED) is 0.624. The molecule has 0 bridgehead atoms. The Hall–Kier alpha value is -1.14. The molecule has 0 aliphatic carbocycles. The number of ether oxygens (including phenoxy) is 2. The van der Waals surface area contributed by atoms with Crippen molar-refractivity contribution in [2.45, 2.75) is 26.3 Å². The zero-order valence-electron chi connectivity index (χ0n) is 11.5. The van der Waals surface area contributed by atoms with Crippen LogP contribution in [0.25, 0.3) is 0 Å². The van der Waals surface area contributed by atoms with Crippen molar-refractivity contribution >= 4 is 11.9 Å². The van der Waals surface area contributed by atoms with Gasteiger partial charge in [0.15, 0.2) is 0 Å². The minimum Gasteiger partial charge on any atom is -0.469 e. The Balaban J connectivity index is 4.75. The van der Waals surface area contributed by atoms with Crippen molar-refractivity contribution in [2.75, 3.05) is 34.0 Å². The van der Waals surface area contributed by atoms with Crippen molar-refractivity contribution in [3.63, 3.8) is 0 Å². The van der Waals surface area contributed by atoms with Crippen molar-refractivity contribution in [1.82, 2.24) is 4.90 Å². The highest BCUT2D eigenvalue weighted by atomic mass is 16.5. The normalized spacial score (nSPS) is 13.8. The summed E-state index contributed by atoms with van der Waals surface area (Å²) in [6.45, 7) is 3.57. The van der Waals surface area contributed by atoms with E-state index in [1.807, 2.05) is 6.92 Å². The second-order valence-corrected chi connectivity index (χ2v) is 4.15. The number of carbonyl (C=O) groups excluding carboxylic acids is 2.